The van der Waals surface area contributed by atoms with Gasteiger partial charge < -0.3 is 24.3 Å². The van der Waals surface area contributed by atoms with Gasteiger partial charge in [0.05, 0.1) is 24.9 Å². The number of guanidine groups is 1. The van der Waals surface area contributed by atoms with E-state index in [9.17, 15) is 4.79 Å². The molecule has 2 heterocycles. The minimum absolute atomic E-state index is 0.0615. The highest BCUT2D eigenvalue weighted by Crippen LogP contribution is 2.32. The van der Waals surface area contributed by atoms with E-state index >= 15 is 0 Å². The zero-order chi connectivity index (χ0) is 20.8. The summed E-state index contributed by atoms with van der Waals surface area (Å²) in [6.07, 6.45) is 2.05. The molecular weight excluding hydrogens is 386 g/mol. The van der Waals surface area contributed by atoms with Crippen molar-refractivity contribution < 1.29 is 23.7 Å². The smallest absolute Gasteiger partial charge is 0.258 e. The molecule has 8 nitrogen and oxygen atoms in total. The number of carbonyl (C=O) groups excluding carboxylic acids is 1. The second-order valence-electron chi connectivity index (χ2n) is 6.90. The fraction of sp³-hybridized carbons (Fsp3) is 0.364. The number of anilines is 1. The minimum atomic E-state index is -0.305. The van der Waals surface area contributed by atoms with Crippen LogP contribution in [0.25, 0.3) is 0 Å². The van der Waals surface area contributed by atoms with Crippen LogP contribution < -0.4 is 24.8 Å². The molecule has 0 radical (unpaired) electrons. The van der Waals surface area contributed by atoms with Gasteiger partial charge in [0.15, 0.2) is 11.5 Å². The molecule has 0 bridgehead atoms. The van der Waals surface area contributed by atoms with Crippen LogP contribution in [0, 0.1) is 0 Å². The second kappa shape index (κ2) is 9.49. The van der Waals surface area contributed by atoms with Gasteiger partial charge in [0.1, 0.15) is 5.75 Å². The Kier molecular flexibility index (Phi) is 6.34. The summed E-state index contributed by atoms with van der Waals surface area (Å²) in [4.78, 5) is 17.4. The van der Waals surface area contributed by atoms with Crippen LogP contribution in [0.5, 0.6) is 17.2 Å². The molecule has 2 aromatic rings. The van der Waals surface area contributed by atoms with Gasteiger partial charge in [-0.1, -0.05) is 12.1 Å². The lowest BCUT2D eigenvalue weighted by Gasteiger charge is -2.16. The lowest BCUT2D eigenvalue weighted by atomic mass is 10.2. The van der Waals surface area contributed by atoms with Gasteiger partial charge >= 0.3 is 0 Å². The molecule has 0 unspecified atom stereocenters. The third-order valence-corrected chi connectivity index (χ3v) is 4.78. The molecule has 1 saturated heterocycles. The molecule has 158 valence electrons. The first-order valence-electron chi connectivity index (χ1n) is 10.1. The molecule has 2 aromatic carbocycles. The lowest BCUT2D eigenvalue weighted by molar-refractivity contribution is 0.0975. The number of nitrogens with one attached hydrogen (secondary N) is 2. The van der Waals surface area contributed by atoms with Gasteiger partial charge in [0.2, 0.25) is 12.8 Å². The largest absolute Gasteiger partial charge is 0.492 e. The molecule has 1 fully saturated rings. The van der Waals surface area contributed by atoms with Gasteiger partial charge in [-0.25, -0.2) is 4.99 Å². The summed E-state index contributed by atoms with van der Waals surface area (Å²) in [5, 5.41) is 6.05. The van der Waals surface area contributed by atoms with E-state index in [4.69, 9.17) is 18.9 Å². The highest BCUT2D eigenvalue weighted by Gasteiger charge is 2.19. The first-order chi connectivity index (χ1) is 14.7. The first kappa shape index (κ1) is 20.0. The molecule has 2 aliphatic heterocycles. The van der Waals surface area contributed by atoms with Crippen molar-refractivity contribution in [2.75, 3.05) is 31.9 Å². The maximum absolute atomic E-state index is 12.9. The Hall–Kier alpha value is -3.26. The van der Waals surface area contributed by atoms with E-state index in [1.165, 1.54) is 0 Å². The predicted molar refractivity (Wildman–Crippen MR) is 113 cm³/mol. The number of hydrogen-bond donors (Lipinski definition) is 2. The number of aliphatic imine (C=N–C) groups is 1. The average Bonchev–Trinajstić information content (AvgIpc) is 3.44. The summed E-state index contributed by atoms with van der Waals surface area (Å²) >= 11 is 0. The van der Waals surface area contributed by atoms with E-state index in [1.54, 1.807) is 18.2 Å². The monoisotopic (exact) mass is 411 g/mol. The van der Waals surface area contributed by atoms with E-state index in [0.717, 1.165) is 25.1 Å². The number of nitrogens with zero attached hydrogens (tertiary/aromatic N) is 1. The van der Waals surface area contributed by atoms with E-state index in [2.05, 4.69) is 15.6 Å². The fourth-order valence-electron chi connectivity index (χ4n) is 3.29. The number of fused-ring (bicyclic) bond motifs is 1. The lowest BCUT2D eigenvalue weighted by Crippen LogP contribution is -2.36. The van der Waals surface area contributed by atoms with E-state index in [0.29, 0.717) is 41.9 Å². The van der Waals surface area contributed by atoms with Crippen molar-refractivity contribution in [1.29, 1.82) is 0 Å². The summed E-state index contributed by atoms with van der Waals surface area (Å²) in [6, 6.07) is 12.6. The summed E-state index contributed by atoms with van der Waals surface area (Å²) in [5.41, 5.74) is 1.17. The number of rotatable bonds is 6. The van der Waals surface area contributed by atoms with Crippen molar-refractivity contribution in [2.24, 2.45) is 4.99 Å². The highest BCUT2D eigenvalue weighted by molar-refractivity contribution is 6.10. The Morgan fingerprint density at radius 1 is 1.20 bits per heavy atom. The Balaban J connectivity index is 1.52. The Labute approximate surface area is 175 Å². The van der Waals surface area contributed by atoms with Crippen molar-refractivity contribution in [3.8, 4) is 17.2 Å². The Morgan fingerprint density at radius 3 is 2.90 bits per heavy atom. The molecule has 0 aliphatic carbocycles. The summed E-state index contributed by atoms with van der Waals surface area (Å²) in [7, 11) is 0. The molecule has 4 rings (SSSR count). The SMILES string of the molecule is CCOc1ccccc1NC(=NC[C@H]1CCCO1)NC(=O)c1ccc2c(c1)OCO2. The molecule has 0 saturated carbocycles. The highest BCUT2D eigenvalue weighted by atomic mass is 16.7. The van der Waals surface area contributed by atoms with Crippen molar-refractivity contribution in [3.05, 3.63) is 48.0 Å². The van der Waals surface area contributed by atoms with Gasteiger partial charge in [0.25, 0.3) is 5.91 Å². The minimum Gasteiger partial charge on any atom is -0.492 e. The van der Waals surface area contributed by atoms with Crippen LogP contribution in [-0.2, 0) is 4.74 Å². The van der Waals surface area contributed by atoms with Gasteiger partial charge in [-0.15, -0.1) is 0 Å². The second-order valence-corrected chi connectivity index (χ2v) is 6.90. The third kappa shape index (κ3) is 4.83. The van der Waals surface area contributed by atoms with Gasteiger partial charge in [-0.2, -0.15) is 0 Å². The predicted octanol–water partition coefficient (Wildman–Crippen LogP) is 3.19. The quantitative estimate of drug-likeness (QED) is 0.561. The topological polar surface area (TPSA) is 90.4 Å². The van der Waals surface area contributed by atoms with E-state index in [-0.39, 0.29) is 18.8 Å². The molecule has 2 aliphatic rings. The summed E-state index contributed by atoms with van der Waals surface area (Å²) in [6.45, 7) is 3.82. The van der Waals surface area contributed by atoms with Crippen LogP contribution in [0.15, 0.2) is 47.5 Å². The normalized spacial score (nSPS) is 17.6. The average molecular weight is 411 g/mol. The van der Waals surface area contributed by atoms with E-state index < -0.39 is 0 Å². The Bertz CT molecular complexity index is 925. The molecule has 2 N–H and O–H groups in total. The van der Waals surface area contributed by atoms with Crippen LogP contribution in [0.4, 0.5) is 5.69 Å². The first-order valence-corrected chi connectivity index (χ1v) is 10.1. The molecule has 8 heteroatoms. The Morgan fingerprint density at radius 2 is 2.07 bits per heavy atom. The number of para-hydroxylation sites is 2. The van der Waals surface area contributed by atoms with Crippen molar-refractivity contribution in [2.45, 2.75) is 25.9 Å². The number of benzene rings is 2. The molecule has 30 heavy (non-hydrogen) atoms. The van der Waals surface area contributed by atoms with Gasteiger partial charge in [-0.05, 0) is 50.1 Å². The van der Waals surface area contributed by atoms with Crippen LogP contribution in [0.1, 0.15) is 30.1 Å². The van der Waals surface area contributed by atoms with Gasteiger partial charge in [-0.3, -0.25) is 10.1 Å². The molecule has 0 spiro atoms. The van der Waals surface area contributed by atoms with Crippen LogP contribution in [-0.4, -0.2) is 44.5 Å². The number of hydrogen-bond acceptors (Lipinski definition) is 6. The van der Waals surface area contributed by atoms with Crippen LogP contribution >= 0.6 is 0 Å². The van der Waals surface area contributed by atoms with Gasteiger partial charge in [0, 0.05) is 12.2 Å². The summed E-state index contributed by atoms with van der Waals surface area (Å²) in [5.74, 6) is 1.89. The van der Waals surface area contributed by atoms with Crippen molar-refractivity contribution >= 4 is 17.6 Å². The molecule has 1 atom stereocenters. The molecule has 0 aromatic heterocycles. The maximum atomic E-state index is 12.9. The maximum Gasteiger partial charge on any atom is 0.258 e. The number of amides is 1. The van der Waals surface area contributed by atoms with Crippen LogP contribution in [0.2, 0.25) is 0 Å². The van der Waals surface area contributed by atoms with Crippen molar-refractivity contribution in [3.63, 3.8) is 0 Å². The fourth-order valence-corrected chi connectivity index (χ4v) is 3.29. The van der Waals surface area contributed by atoms with Crippen LogP contribution in [0.3, 0.4) is 0 Å². The van der Waals surface area contributed by atoms with Crippen molar-refractivity contribution in [1.82, 2.24) is 5.32 Å². The zero-order valence-electron chi connectivity index (χ0n) is 16.8. The molecule has 1 amide bonds. The molecular formula is C22H25N3O5. The zero-order valence-corrected chi connectivity index (χ0v) is 16.8. The number of carbonyl (C=O) groups is 1. The number of ether oxygens (including phenoxy) is 4. The standard InChI is InChI=1S/C22H25N3O5/c1-2-27-18-8-4-3-7-17(18)24-22(23-13-16-6-5-11-28-16)25-21(26)15-9-10-19-20(12-15)30-14-29-19/h3-4,7-10,12,16H,2,5-6,11,13-14H2,1H3,(H2,23,24,25,26)/t16-/m1/s1. The summed E-state index contributed by atoms with van der Waals surface area (Å²) < 4.78 is 22.0. The third-order valence-electron chi connectivity index (χ3n) is 4.78. The van der Waals surface area contributed by atoms with E-state index in [1.807, 2.05) is 31.2 Å².